The predicted molar refractivity (Wildman–Crippen MR) is 91.0 cm³/mol. The second-order valence-corrected chi connectivity index (χ2v) is 5.46. The molecule has 0 unspecified atom stereocenters. The molecule has 0 aromatic heterocycles. The number of rotatable bonds is 1. The van der Waals surface area contributed by atoms with Gasteiger partial charge in [-0.1, -0.05) is 49.6 Å². The second kappa shape index (κ2) is 4.42. The molecule has 0 spiro atoms. The van der Waals surface area contributed by atoms with Crippen LogP contribution in [0.15, 0.2) is 78.5 Å². The topological polar surface area (TPSA) is 12.4 Å². The Kier molecular flexibility index (Phi) is 2.55. The highest BCUT2D eigenvalue weighted by molar-refractivity contribution is 6.15. The van der Waals surface area contributed by atoms with Crippen molar-refractivity contribution >= 4 is 27.3 Å². The molecule has 1 nitrogen and oxygen atoms in total. The fourth-order valence-corrected chi connectivity index (χ4v) is 3.13. The number of fused-ring (bicyclic) bond motifs is 4. The van der Waals surface area contributed by atoms with Crippen LogP contribution < -0.4 is 0 Å². The first-order chi connectivity index (χ1) is 10.3. The Balaban J connectivity index is 2.11. The summed E-state index contributed by atoms with van der Waals surface area (Å²) < 4.78 is 0. The Morgan fingerprint density at radius 3 is 2.62 bits per heavy atom. The van der Waals surface area contributed by atoms with Gasteiger partial charge in [0.05, 0.1) is 5.71 Å². The van der Waals surface area contributed by atoms with Gasteiger partial charge in [-0.2, -0.15) is 0 Å². The van der Waals surface area contributed by atoms with E-state index in [-0.39, 0.29) is 0 Å². The fourth-order valence-electron chi connectivity index (χ4n) is 3.13. The molecule has 3 aromatic carbocycles. The third-order valence-electron chi connectivity index (χ3n) is 4.11. The Morgan fingerprint density at radius 1 is 0.952 bits per heavy atom. The van der Waals surface area contributed by atoms with Crippen molar-refractivity contribution in [1.29, 1.82) is 0 Å². The molecule has 0 saturated carbocycles. The molecule has 1 heteroatoms. The molecular weight excluding hydrogens is 254 g/mol. The third-order valence-corrected chi connectivity index (χ3v) is 4.11. The van der Waals surface area contributed by atoms with Gasteiger partial charge in [0.1, 0.15) is 0 Å². The molecule has 1 heterocycles. The number of hydrogen-bond acceptors (Lipinski definition) is 1. The minimum atomic E-state index is 0.811. The molecule has 100 valence electrons. The van der Waals surface area contributed by atoms with Crippen LogP contribution in [-0.2, 0) is 6.42 Å². The van der Waals surface area contributed by atoms with E-state index in [2.05, 4.69) is 66.7 Å². The summed E-state index contributed by atoms with van der Waals surface area (Å²) in [5.41, 5.74) is 4.29. The minimum Gasteiger partial charge on any atom is -0.253 e. The van der Waals surface area contributed by atoms with Crippen LogP contribution in [0.5, 0.6) is 0 Å². The third kappa shape index (κ3) is 1.82. The van der Waals surface area contributed by atoms with E-state index in [4.69, 9.17) is 0 Å². The van der Waals surface area contributed by atoms with Crippen LogP contribution in [0.25, 0.3) is 21.5 Å². The molecule has 0 fully saturated rings. The van der Waals surface area contributed by atoms with Crippen molar-refractivity contribution in [1.82, 2.24) is 0 Å². The molecule has 0 radical (unpaired) electrons. The Hall–Kier alpha value is -2.67. The summed E-state index contributed by atoms with van der Waals surface area (Å²) in [6, 6.07) is 17.4. The number of allylic oxidation sites excluding steroid dienone is 2. The van der Waals surface area contributed by atoms with Gasteiger partial charge >= 0.3 is 0 Å². The Bertz CT molecular complexity index is 945. The summed E-state index contributed by atoms with van der Waals surface area (Å²) in [6.07, 6.45) is 2.63. The van der Waals surface area contributed by atoms with Gasteiger partial charge in [0.2, 0.25) is 0 Å². The van der Waals surface area contributed by atoms with E-state index in [1.165, 1.54) is 32.7 Å². The van der Waals surface area contributed by atoms with E-state index in [0.717, 1.165) is 17.8 Å². The van der Waals surface area contributed by atoms with Crippen molar-refractivity contribution in [3.8, 4) is 0 Å². The lowest BCUT2D eigenvalue weighted by Gasteiger charge is -2.18. The largest absolute Gasteiger partial charge is 0.253 e. The van der Waals surface area contributed by atoms with Crippen LogP contribution in [0.1, 0.15) is 11.1 Å². The zero-order chi connectivity index (χ0) is 14.4. The highest BCUT2D eigenvalue weighted by Gasteiger charge is 2.15. The smallest absolute Gasteiger partial charge is 0.0702 e. The van der Waals surface area contributed by atoms with Gasteiger partial charge < -0.3 is 0 Å². The molecule has 0 bridgehead atoms. The number of nitrogens with zero attached hydrogens (tertiary/aromatic N) is 1. The minimum absolute atomic E-state index is 0.811. The van der Waals surface area contributed by atoms with Crippen LogP contribution in [-0.4, -0.2) is 5.71 Å². The molecule has 1 aliphatic rings. The van der Waals surface area contributed by atoms with Crippen LogP contribution in [0, 0.1) is 0 Å². The van der Waals surface area contributed by atoms with E-state index in [1.54, 1.807) is 0 Å². The zero-order valence-corrected chi connectivity index (χ0v) is 11.8. The maximum Gasteiger partial charge on any atom is 0.0702 e. The number of benzene rings is 3. The Labute approximate surface area is 123 Å². The zero-order valence-electron chi connectivity index (χ0n) is 11.8. The highest BCUT2D eigenvalue weighted by Crippen LogP contribution is 2.31. The maximum absolute atomic E-state index is 4.52. The van der Waals surface area contributed by atoms with Crippen LogP contribution >= 0.6 is 0 Å². The highest BCUT2D eigenvalue weighted by atomic mass is 14.8. The van der Waals surface area contributed by atoms with Crippen molar-refractivity contribution in [3.63, 3.8) is 0 Å². The molecule has 0 N–H and O–H groups in total. The number of hydrogen-bond donors (Lipinski definition) is 0. The normalized spacial score (nSPS) is 14.1. The molecule has 1 aliphatic heterocycles. The first-order valence-electron chi connectivity index (χ1n) is 7.10. The van der Waals surface area contributed by atoms with Crippen molar-refractivity contribution in [2.75, 3.05) is 0 Å². The van der Waals surface area contributed by atoms with Crippen LogP contribution in [0.2, 0.25) is 0 Å². The quantitative estimate of drug-likeness (QED) is 0.549. The van der Waals surface area contributed by atoms with Gasteiger partial charge in [-0.25, -0.2) is 0 Å². The summed E-state index contributed by atoms with van der Waals surface area (Å²) in [4.78, 5) is 4.52. The fraction of sp³-hybridized carbons (Fsp3) is 0.0500. The first-order valence-corrected chi connectivity index (χ1v) is 7.10. The summed E-state index contributed by atoms with van der Waals surface area (Å²) in [5.74, 6) is 0. The Morgan fingerprint density at radius 2 is 1.76 bits per heavy atom. The van der Waals surface area contributed by atoms with E-state index in [1.807, 2.05) is 6.08 Å². The summed E-state index contributed by atoms with van der Waals surface area (Å²) in [7, 11) is 0. The van der Waals surface area contributed by atoms with Gasteiger partial charge in [-0.05, 0) is 45.3 Å². The van der Waals surface area contributed by atoms with E-state index in [0.29, 0.717) is 0 Å². The second-order valence-electron chi connectivity index (χ2n) is 5.46. The summed E-state index contributed by atoms with van der Waals surface area (Å²) in [5, 5.41) is 5.11. The summed E-state index contributed by atoms with van der Waals surface area (Å²) >= 11 is 0. The van der Waals surface area contributed by atoms with E-state index < -0.39 is 0 Å². The molecule has 21 heavy (non-hydrogen) atoms. The standard InChI is InChI=1S/C20H15N/c1-3-20-19-11-15-9-8-14-6-4-5-7-17(14)18(15)12-16(19)10-13(2)21-20/h3-9,11-12H,1-2,10H2. The lowest BCUT2D eigenvalue weighted by atomic mass is 9.91. The lowest BCUT2D eigenvalue weighted by Crippen LogP contribution is -2.09. The molecule has 3 aromatic rings. The van der Waals surface area contributed by atoms with Gasteiger partial charge in [-0.3, -0.25) is 4.99 Å². The molecule has 4 rings (SSSR count). The van der Waals surface area contributed by atoms with Crippen LogP contribution in [0.3, 0.4) is 0 Å². The average molecular weight is 269 g/mol. The summed E-state index contributed by atoms with van der Waals surface area (Å²) in [6.45, 7) is 7.89. The van der Waals surface area contributed by atoms with Gasteiger partial charge in [0.15, 0.2) is 0 Å². The van der Waals surface area contributed by atoms with Gasteiger partial charge in [0, 0.05) is 17.7 Å². The van der Waals surface area contributed by atoms with Crippen molar-refractivity contribution in [3.05, 3.63) is 84.6 Å². The van der Waals surface area contributed by atoms with E-state index >= 15 is 0 Å². The SMILES string of the molecule is C=CC1=NC(=C)Cc2cc3c(ccc4ccccc43)cc21. The van der Waals surface area contributed by atoms with Crippen molar-refractivity contribution in [2.45, 2.75) is 6.42 Å². The molecule has 0 atom stereocenters. The van der Waals surface area contributed by atoms with Crippen molar-refractivity contribution in [2.24, 2.45) is 4.99 Å². The molecule has 0 aliphatic carbocycles. The lowest BCUT2D eigenvalue weighted by molar-refractivity contribution is 1.09. The molecule has 0 amide bonds. The monoisotopic (exact) mass is 269 g/mol. The van der Waals surface area contributed by atoms with Crippen molar-refractivity contribution < 1.29 is 0 Å². The van der Waals surface area contributed by atoms with Crippen LogP contribution in [0.4, 0.5) is 0 Å². The first kappa shape index (κ1) is 12.1. The van der Waals surface area contributed by atoms with Gasteiger partial charge in [0.25, 0.3) is 0 Å². The number of aliphatic imine (C=N–C) groups is 1. The van der Waals surface area contributed by atoms with E-state index in [9.17, 15) is 0 Å². The van der Waals surface area contributed by atoms with Gasteiger partial charge in [-0.15, -0.1) is 0 Å². The average Bonchev–Trinajstić information content (AvgIpc) is 2.52. The maximum atomic E-state index is 4.52. The molecular formula is C20H15N. The predicted octanol–water partition coefficient (Wildman–Crippen LogP) is 5.04. The molecule has 0 saturated heterocycles.